The van der Waals surface area contributed by atoms with Crippen LogP contribution in [0.15, 0.2) is 18.2 Å². The highest BCUT2D eigenvalue weighted by atomic mass is 19.4. The molecule has 0 bridgehead atoms. The minimum absolute atomic E-state index is 0.126. The van der Waals surface area contributed by atoms with Gasteiger partial charge in [-0.25, -0.2) is 0 Å². The van der Waals surface area contributed by atoms with Gasteiger partial charge in [-0.15, -0.1) is 0 Å². The van der Waals surface area contributed by atoms with E-state index < -0.39 is 11.7 Å². The molecular weight excluding hydrogens is 253 g/mol. The van der Waals surface area contributed by atoms with Gasteiger partial charge in [-0.3, -0.25) is 0 Å². The monoisotopic (exact) mass is 274 g/mol. The third-order valence-electron chi connectivity index (χ3n) is 2.67. The summed E-state index contributed by atoms with van der Waals surface area (Å²) < 4.78 is 39.0. The van der Waals surface area contributed by atoms with Crippen LogP contribution in [0.5, 0.6) is 0 Å². The van der Waals surface area contributed by atoms with Crippen LogP contribution in [0.2, 0.25) is 0 Å². The topological polar surface area (TPSA) is 15.3 Å². The molecule has 108 valence electrons. The van der Waals surface area contributed by atoms with Crippen LogP contribution in [-0.4, -0.2) is 19.6 Å². The highest BCUT2D eigenvalue weighted by molar-refractivity contribution is 5.55. The summed E-state index contributed by atoms with van der Waals surface area (Å²) in [5, 5.41) is 3.18. The molecule has 1 rings (SSSR count). The molecule has 0 aromatic heterocycles. The molecular formula is C14H21F3N2. The highest BCUT2D eigenvalue weighted by Gasteiger charge is 2.34. The van der Waals surface area contributed by atoms with Crippen molar-refractivity contribution in [1.29, 1.82) is 0 Å². The Balaban J connectivity index is 3.06. The van der Waals surface area contributed by atoms with E-state index in [9.17, 15) is 13.2 Å². The fraction of sp³-hybridized carbons (Fsp3) is 0.571. The average Bonchev–Trinajstić information content (AvgIpc) is 2.23. The van der Waals surface area contributed by atoms with Crippen molar-refractivity contribution in [1.82, 2.24) is 5.32 Å². The van der Waals surface area contributed by atoms with Gasteiger partial charge in [0.25, 0.3) is 0 Å². The van der Waals surface area contributed by atoms with Crippen LogP contribution in [0.3, 0.4) is 0 Å². The van der Waals surface area contributed by atoms with Crippen molar-refractivity contribution in [2.45, 2.75) is 39.0 Å². The van der Waals surface area contributed by atoms with E-state index >= 15 is 0 Å². The molecule has 0 radical (unpaired) electrons. The first-order valence-electron chi connectivity index (χ1n) is 6.13. The van der Waals surface area contributed by atoms with Crippen molar-refractivity contribution < 1.29 is 13.2 Å². The van der Waals surface area contributed by atoms with Gasteiger partial charge in [0.15, 0.2) is 0 Å². The molecule has 0 saturated carbocycles. The van der Waals surface area contributed by atoms with Crippen molar-refractivity contribution in [3.05, 3.63) is 29.3 Å². The van der Waals surface area contributed by atoms with Crippen LogP contribution in [0.25, 0.3) is 0 Å². The number of anilines is 1. The maximum Gasteiger partial charge on any atom is 0.418 e. The van der Waals surface area contributed by atoms with E-state index in [-0.39, 0.29) is 11.2 Å². The molecule has 0 fully saturated rings. The Labute approximate surface area is 112 Å². The van der Waals surface area contributed by atoms with Crippen molar-refractivity contribution in [3.63, 3.8) is 0 Å². The van der Waals surface area contributed by atoms with Gasteiger partial charge in [-0.2, -0.15) is 13.2 Å². The summed E-state index contributed by atoms with van der Waals surface area (Å²) in [6, 6.07) is 4.46. The molecule has 19 heavy (non-hydrogen) atoms. The van der Waals surface area contributed by atoms with Gasteiger partial charge in [-0.05, 0) is 38.5 Å². The Bertz CT molecular complexity index is 431. The van der Waals surface area contributed by atoms with Crippen molar-refractivity contribution in [3.8, 4) is 0 Å². The Morgan fingerprint density at radius 3 is 2.11 bits per heavy atom. The third-order valence-corrected chi connectivity index (χ3v) is 2.67. The molecule has 0 saturated heterocycles. The number of nitrogens with one attached hydrogen (secondary N) is 1. The van der Waals surface area contributed by atoms with E-state index in [2.05, 4.69) is 5.32 Å². The molecule has 0 aliphatic heterocycles. The molecule has 0 amide bonds. The summed E-state index contributed by atoms with van der Waals surface area (Å²) in [7, 11) is 3.22. The van der Waals surface area contributed by atoms with Gasteiger partial charge < -0.3 is 10.2 Å². The lowest BCUT2D eigenvalue weighted by Crippen LogP contribution is -2.35. The molecule has 2 nitrogen and oxygen atoms in total. The SMILES string of the molecule is CN(C)c1ccc(CNC(C)(C)C)cc1C(F)(F)F. The smallest absolute Gasteiger partial charge is 0.377 e. The van der Waals surface area contributed by atoms with Crippen LogP contribution in [0.1, 0.15) is 31.9 Å². The summed E-state index contributed by atoms with van der Waals surface area (Å²) in [5.41, 5.74) is 0.101. The maximum absolute atomic E-state index is 13.0. The average molecular weight is 274 g/mol. The van der Waals surface area contributed by atoms with Crippen molar-refractivity contribution in [2.24, 2.45) is 0 Å². The van der Waals surface area contributed by atoms with E-state index in [4.69, 9.17) is 0 Å². The number of hydrogen-bond acceptors (Lipinski definition) is 2. The van der Waals surface area contributed by atoms with E-state index in [0.29, 0.717) is 12.1 Å². The number of nitrogens with zero attached hydrogens (tertiary/aromatic N) is 1. The highest BCUT2D eigenvalue weighted by Crippen LogP contribution is 2.36. The molecule has 1 aromatic carbocycles. The molecule has 5 heteroatoms. The largest absolute Gasteiger partial charge is 0.418 e. The Morgan fingerprint density at radius 2 is 1.68 bits per heavy atom. The summed E-state index contributed by atoms with van der Waals surface area (Å²) in [6.45, 7) is 6.35. The predicted molar refractivity (Wildman–Crippen MR) is 72.4 cm³/mol. The molecule has 1 aromatic rings. The first-order valence-corrected chi connectivity index (χ1v) is 6.13. The van der Waals surface area contributed by atoms with Crippen LogP contribution < -0.4 is 10.2 Å². The fourth-order valence-electron chi connectivity index (χ4n) is 1.68. The van der Waals surface area contributed by atoms with Crippen molar-refractivity contribution in [2.75, 3.05) is 19.0 Å². The molecule has 0 spiro atoms. The Morgan fingerprint density at radius 1 is 1.11 bits per heavy atom. The predicted octanol–water partition coefficient (Wildman–Crippen LogP) is 3.66. The lowest BCUT2D eigenvalue weighted by Gasteiger charge is -2.23. The van der Waals surface area contributed by atoms with Crippen molar-refractivity contribution >= 4 is 5.69 Å². The summed E-state index contributed by atoms with van der Waals surface area (Å²) in [4.78, 5) is 1.48. The summed E-state index contributed by atoms with van der Waals surface area (Å²) in [5.74, 6) is 0. The molecule has 0 heterocycles. The molecule has 1 N–H and O–H groups in total. The van der Waals surface area contributed by atoms with Gasteiger partial charge in [0.05, 0.1) is 5.56 Å². The van der Waals surface area contributed by atoms with E-state index in [1.807, 2.05) is 20.8 Å². The zero-order chi connectivity index (χ0) is 14.8. The van der Waals surface area contributed by atoms with E-state index in [1.54, 1.807) is 20.2 Å². The van der Waals surface area contributed by atoms with Gasteiger partial charge in [0.1, 0.15) is 0 Å². The first kappa shape index (κ1) is 15.8. The quantitative estimate of drug-likeness (QED) is 0.905. The zero-order valence-electron chi connectivity index (χ0n) is 12.0. The van der Waals surface area contributed by atoms with E-state index in [1.165, 1.54) is 17.0 Å². The summed E-state index contributed by atoms with van der Waals surface area (Å²) in [6.07, 6.45) is -4.34. The molecule has 0 aliphatic carbocycles. The maximum atomic E-state index is 13.0. The van der Waals surface area contributed by atoms with Gasteiger partial charge in [0.2, 0.25) is 0 Å². The zero-order valence-corrected chi connectivity index (χ0v) is 12.0. The molecule has 0 unspecified atom stereocenters. The van der Waals surface area contributed by atoms with Crippen LogP contribution in [0, 0.1) is 0 Å². The van der Waals surface area contributed by atoms with Gasteiger partial charge in [-0.1, -0.05) is 6.07 Å². The Hall–Kier alpha value is -1.23. The molecule has 0 atom stereocenters. The number of hydrogen-bond donors (Lipinski definition) is 1. The lowest BCUT2D eigenvalue weighted by atomic mass is 10.0. The number of alkyl halides is 3. The minimum Gasteiger partial charge on any atom is -0.377 e. The van der Waals surface area contributed by atoms with Crippen LogP contribution >= 0.6 is 0 Å². The fourth-order valence-corrected chi connectivity index (χ4v) is 1.68. The summed E-state index contributed by atoms with van der Waals surface area (Å²) >= 11 is 0. The number of rotatable bonds is 3. The number of halogens is 3. The van der Waals surface area contributed by atoms with Crippen LogP contribution in [-0.2, 0) is 12.7 Å². The van der Waals surface area contributed by atoms with Crippen LogP contribution in [0.4, 0.5) is 18.9 Å². The van der Waals surface area contributed by atoms with Gasteiger partial charge in [0, 0.05) is 31.9 Å². The third kappa shape index (κ3) is 4.74. The minimum atomic E-state index is -4.34. The second-order valence-corrected chi connectivity index (χ2v) is 5.85. The Kier molecular flexibility index (Phi) is 4.50. The standard InChI is InChI=1S/C14H21F3N2/c1-13(2,3)18-9-10-6-7-12(19(4)5)11(8-10)14(15,16)17/h6-8,18H,9H2,1-5H3. The van der Waals surface area contributed by atoms with Gasteiger partial charge >= 0.3 is 6.18 Å². The molecule has 0 aliphatic rings. The lowest BCUT2D eigenvalue weighted by molar-refractivity contribution is -0.137. The number of benzene rings is 1. The first-order chi connectivity index (χ1) is 8.50. The second kappa shape index (κ2) is 5.41. The second-order valence-electron chi connectivity index (χ2n) is 5.85. The van der Waals surface area contributed by atoms with E-state index in [0.717, 1.165) is 0 Å². The normalized spacial score (nSPS) is 12.6.